The summed E-state index contributed by atoms with van der Waals surface area (Å²) in [6, 6.07) is 24.1. The molecule has 1 aromatic heterocycles. The molecule has 0 atom stereocenters. The van der Waals surface area contributed by atoms with Gasteiger partial charge in [-0.05, 0) is 55.3 Å². The second-order valence-electron chi connectivity index (χ2n) is 7.52. The summed E-state index contributed by atoms with van der Waals surface area (Å²) in [4.78, 5) is 4.71. The first kappa shape index (κ1) is 21.2. The van der Waals surface area contributed by atoms with Crippen LogP contribution in [0.15, 0.2) is 66.7 Å². The van der Waals surface area contributed by atoms with E-state index in [1.807, 2.05) is 48.5 Å². The number of benzene rings is 3. The van der Waals surface area contributed by atoms with Crippen LogP contribution >= 0.6 is 0 Å². The fourth-order valence-corrected chi connectivity index (χ4v) is 3.66. The SMILES string of the molecule is CCn1c(/C(C#N)=C\c2ccc(OC)c(OCc3ccc(C)cc3)c2)nc2ccccc21. The minimum atomic E-state index is 0.431. The molecule has 0 aliphatic heterocycles. The van der Waals surface area contributed by atoms with Crippen molar-refractivity contribution in [1.82, 2.24) is 9.55 Å². The number of fused-ring (bicyclic) bond motifs is 1. The predicted molar refractivity (Wildman–Crippen MR) is 127 cm³/mol. The smallest absolute Gasteiger partial charge is 0.162 e. The maximum absolute atomic E-state index is 9.90. The van der Waals surface area contributed by atoms with Crippen molar-refractivity contribution in [2.45, 2.75) is 27.0 Å². The normalized spacial score (nSPS) is 11.4. The van der Waals surface area contributed by atoms with Gasteiger partial charge in [-0.15, -0.1) is 0 Å². The number of aromatic nitrogens is 2. The maximum Gasteiger partial charge on any atom is 0.162 e. The molecule has 4 aromatic rings. The number of nitrogens with zero attached hydrogens (tertiary/aromatic N) is 3. The number of hydrogen-bond donors (Lipinski definition) is 0. The van der Waals surface area contributed by atoms with Crippen LogP contribution in [0.4, 0.5) is 0 Å². The molecular formula is C27H25N3O2. The molecule has 0 unspecified atom stereocenters. The average Bonchev–Trinajstić information content (AvgIpc) is 3.20. The average molecular weight is 424 g/mol. The Hall–Kier alpha value is -4.04. The second-order valence-corrected chi connectivity index (χ2v) is 7.52. The number of rotatable bonds is 7. The molecule has 1 heterocycles. The molecule has 0 bridgehead atoms. The van der Waals surface area contributed by atoms with Gasteiger partial charge in [0.05, 0.1) is 23.7 Å². The summed E-state index contributed by atoms with van der Waals surface area (Å²) in [5.74, 6) is 1.94. The van der Waals surface area contributed by atoms with Crippen molar-refractivity contribution in [3.05, 3.63) is 89.2 Å². The van der Waals surface area contributed by atoms with Crippen LogP contribution in [0.25, 0.3) is 22.7 Å². The van der Waals surface area contributed by atoms with Gasteiger partial charge in [0.25, 0.3) is 0 Å². The number of para-hydroxylation sites is 2. The number of nitriles is 1. The fraction of sp³-hybridized carbons (Fsp3) is 0.185. The first-order chi connectivity index (χ1) is 15.6. The monoisotopic (exact) mass is 423 g/mol. The highest BCUT2D eigenvalue weighted by Crippen LogP contribution is 2.31. The van der Waals surface area contributed by atoms with E-state index in [1.165, 1.54) is 5.56 Å². The van der Waals surface area contributed by atoms with Crippen molar-refractivity contribution >= 4 is 22.7 Å². The summed E-state index contributed by atoms with van der Waals surface area (Å²) in [7, 11) is 1.62. The van der Waals surface area contributed by atoms with Crippen LogP contribution in [0.1, 0.15) is 29.4 Å². The summed E-state index contributed by atoms with van der Waals surface area (Å²) < 4.78 is 13.6. The molecule has 3 aromatic carbocycles. The lowest BCUT2D eigenvalue weighted by molar-refractivity contribution is 0.284. The van der Waals surface area contributed by atoms with E-state index in [4.69, 9.17) is 14.5 Å². The van der Waals surface area contributed by atoms with E-state index in [1.54, 1.807) is 7.11 Å². The number of aryl methyl sites for hydroxylation is 2. The highest BCUT2D eigenvalue weighted by molar-refractivity contribution is 5.91. The maximum atomic E-state index is 9.90. The molecule has 0 amide bonds. The molecule has 160 valence electrons. The Labute approximate surface area is 188 Å². The Balaban J connectivity index is 1.67. The molecule has 0 aliphatic rings. The van der Waals surface area contributed by atoms with E-state index in [2.05, 4.69) is 48.7 Å². The molecule has 0 saturated heterocycles. The predicted octanol–water partition coefficient (Wildman–Crippen LogP) is 6.02. The van der Waals surface area contributed by atoms with Gasteiger partial charge in [-0.3, -0.25) is 0 Å². The zero-order chi connectivity index (χ0) is 22.5. The second kappa shape index (κ2) is 9.40. The van der Waals surface area contributed by atoms with Crippen molar-refractivity contribution in [1.29, 1.82) is 5.26 Å². The number of imidazole rings is 1. The fourth-order valence-electron chi connectivity index (χ4n) is 3.66. The van der Waals surface area contributed by atoms with Gasteiger partial charge >= 0.3 is 0 Å². The highest BCUT2D eigenvalue weighted by Gasteiger charge is 2.14. The Morgan fingerprint density at radius 1 is 1.06 bits per heavy atom. The van der Waals surface area contributed by atoms with Gasteiger partial charge in [0.15, 0.2) is 17.3 Å². The quantitative estimate of drug-likeness (QED) is 0.341. The first-order valence-electron chi connectivity index (χ1n) is 10.6. The van der Waals surface area contributed by atoms with E-state index < -0.39 is 0 Å². The van der Waals surface area contributed by atoms with E-state index in [0.717, 1.165) is 28.7 Å². The van der Waals surface area contributed by atoms with Gasteiger partial charge in [0.2, 0.25) is 0 Å². The van der Waals surface area contributed by atoms with Gasteiger partial charge in [-0.1, -0.05) is 48.0 Å². The topological polar surface area (TPSA) is 60.1 Å². The molecule has 0 N–H and O–H groups in total. The van der Waals surface area contributed by atoms with E-state index in [-0.39, 0.29) is 0 Å². The minimum absolute atomic E-state index is 0.431. The lowest BCUT2D eigenvalue weighted by atomic mass is 10.1. The molecule has 0 spiro atoms. The first-order valence-corrected chi connectivity index (χ1v) is 10.6. The Kier molecular flexibility index (Phi) is 6.23. The Morgan fingerprint density at radius 3 is 2.56 bits per heavy atom. The minimum Gasteiger partial charge on any atom is -0.493 e. The number of methoxy groups -OCH3 is 1. The van der Waals surface area contributed by atoms with Crippen LogP contribution < -0.4 is 9.47 Å². The summed E-state index contributed by atoms with van der Waals surface area (Å²) in [5.41, 5.74) is 5.52. The summed E-state index contributed by atoms with van der Waals surface area (Å²) in [6.07, 6.45) is 1.84. The van der Waals surface area contributed by atoms with Gasteiger partial charge in [0.1, 0.15) is 12.7 Å². The van der Waals surface area contributed by atoms with Gasteiger partial charge in [-0.25, -0.2) is 4.98 Å². The molecule has 32 heavy (non-hydrogen) atoms. The molecule has 0 fully saturated rings. The zero-order valence-corrected chi connectivity index (χ0v) is 18.5. The number of allylic oxidation sites excluding steroid dienone is 1. The molecule has 5 heteroatoms. The van der Waals surface area contributed by atoms with Crippen LogP contribution in [0, 0.1) is 18.3 Å². The van der Waals surface area contributed by atoms with Crippen LogP contribution in [-0.4, -0.2) is 16.7 Å². The van der Waals surface area contributed by atoms with Gasteiger partial charge in [-0.2, -0.15) is 5.26 Å². The third-order valence-corrected chi connectivity index (χ3v) is 5.35. The van der Waals surface area contributed by atoms with E-state index in [0.29, 0.717) is 29.5 Å². The highest BCUT2D eigenvalue weighted by atomic mass is 16.5. The zero-order valence-electron chi connectivity index (χ0n) is 18.5. The van der Waals surface area contributed by atoms with Gasteiger partial charge in [0, 0.05) is 6.54 Å². The van der Waals surface area contributed by atoms with E-state index in [9.17, 15) is 5.26 Å². The Bertz CT molecular complexity index is 1310. The summed E-state index contributed by atoms with van der Waals surface area (Å²) in [5, 5.41) is 9.90. The lowest BCUT2D eigenvalue weighted by Gasteiger charge is -2.12. The van der Waals surface area contributed by atoms with Crippen molar-refractivity contribution < 1.29 is 9.47 Å². The van der Waals surface area contributed by atoms with Crippen molar-refractivity contribution in [2.75, 3.05) is 7.11 Å². The molecular weight excluding hydrogens is 398 g/mol. The van der Waals surface area contributed by atoms with E-state index >= 15 is 0 Å². The van der Waals surface area contributed by atoms with Crippen molar-refractivity contribution in [3.8, 4) is 17.6 Å². The Morgan fingerprint density at radius 2 is 1.84 bits per heavy atom. The molecule has 4 rings (SSSR count). The standard InChI is InChI=1S/C27H25N3O2/c1-4-30-24-8-6-5-7-23(24)29-27(30)22(17-28)15-21-13-14-25(31-3)26(16-21)32-18-20-11-9-19(2)10-12-20/h5-16H,4,18H2,1-3H3/b22-15-. The van der Waals surface area contributed by atoms with Crippen LogP contribution in [0.3, 0.4) is 0 Å². The summed E-state index contributed by atoms with van der Waals surface area (Å²) >= 11 is 0. The van der Waals surface area contributed by atoms with Crippen LogP contribution in [-0.2, 0) is 13.2 Å². The largest absolute Gasteiger partial charge is 0.493 e. The van der Waals surface area contributed by atoms with Crippen molar-refractivity contribution in [2.24, 2.45) is 0 Å². The molecule has 0 saturated carbocycles. The molecule has 5 nitrogen and oxygen atoms in total. The molecule has 0 aliphatic carbocycles. The lowest BCUT2D eigenvalue weighted by Crippen LogP contribution is -2.00. The van der Waals surface area contributed by atoms with Crippen LogP contribution in [0.5, 0.6) is 11.5 Å². The summed E-state index contributed by atoms with van der Waals surface area (Å²) in [6.45, 7) is 5.27. The molecule has 0 radical (unpaired) electrons. The number of hydrogen-bond acceptors (Lipinski definition) is 4. The third kappa shape index (κ3) is 4.35. The third-order valence-electron chi connectivity index (χ3n) is 5.35. The van der Waals surface area contributed by atoms with Crippen LogP contribution in [0.2, 0.25) is 0 Å². The van der Waals surface area contributed by atoms with Gasteiger partial charge < -0.3 is 14.0 Å². The van der Waals surface area contributed by atoms with Crippen molar-refractivity contribution in [3.63, 3.8) is 0 Å². The number of ether oxygens (including phenoxy) is 2.